The number of hydrogen-bond acceptors (Lipinski definition) is 6. The van der Waals surface area contributed by atoms with E-state index in [1.807, 2.05) is 20.8 Å². The average molecular weight is 451 g/mol. The maximum absolute atomic E-state index is 11.2. The summed E-state index contributed by atoms with van der Waals surface area (Å²) >= 11 is 0. The minimum absolute atomic E-state index is 0.0354. The Kier molecular flexibility index (Phi) is 7.72. The summed E-state index contributed by atoms with van der Waals surface area (Å²) in [7, 11) is 1.51. The molecule has 33 heavy (non-hydrogen) atoms. The van der Waals surface area contributed by atoms with E-state index in [4.69, 9.17) is 14.2 Å². The summed E-state index contributed by atoms with van der Waals surface area (Å²) in [5, 5.41) is 31.3. The quantitative estimate of drug-likeness (QED) is 0.263. The van der Waals surface area contributed by atoms with Gasteiger partial charge in [-0.25, -0.2) is 0 Å². The fourth-order valence-corrected chi connectivity index (χ4v) is 3.52. The Morgan fingerprint density at radius 1 is 0.879 bits per heavy atom. The molecule has 0 fully saturated rings. The van der Waals surface area contributed by atoms with Gasteiger partial charge in [0.15, 0.2) is 23.0 Å². The van der Waals surface area contributed by atoms with E-state index >= 15 is 0 Å². The highest BCUT2D eigenvalue weighted by atomic mass is 16.5. The predicted octanol–water partition coefficient (Wildman–Crippen LogP) is 6.28. The number of allylic oxidation sites excluding steroid dienone is 1. The highest BCUT2D eigenvalue weighted by molar-refractivity contribution is 5.88. The first-order chi connectivity index (χ1) is 15.8. The third-order valence-corrected chi connectivity index (χ3v) is 5.08. The molecule has 0 spiro atoms. The SMILES string of the molecule is CCOc1c(-c2ccc(O)cc2)cc(OC)c(-c2ccc(OCCC=C(C)C)c(O)c2)c1O. The highest BCUT2D eigenvalue weighted by Crippen LogP contribution is 2.50. The lowest BCUT2D eigenvalue weighted by atomic mass is 9.96. The Morgan fingerprint density at radius 3 is 2.18 bits per heavy atom. The molecule has 0 aliphatic carbocycles. The maximum Gasteiger partial charge on any atom is 0.170 e. The number of phenolic OH excluding ortho intramolecular Hbond substituents is 3. The number of rotatable bonds is 9. The van der Waals surface area contributed by atoms with E-state index in [2.05, 4.69) is 6.08 Å². The lowest BCUT2D eigenvalue weighted by Crippen LogP contribution is -1.99. The molecule has 0 aromatic heterocycles. The summed E-state index contributed by atoms with van der Waals surface area (Å²) in [5.41, 5.74) is 3.53. The van der Waals surface area contributed by atoms with Crippen molar-refractivity contribution in [2.45, 2.75) is 27.2 Å². The Labute approximate surface area is 194 Å². The highest BCUT2D eigenvalue weighted by Gasteiger charge is 2.23. The molecule has 174 valence electrons. The molecule has 3 rings (SSSR count). The third kappa shape index (κ3) is 5.52. The fraction of sp³-hybridized carbons (Fsp3) is 0.259. The van der Waals surface area contributed by atoms with Gasteiger partial charge in [-0.2, -0.15) is 0 Å². The molecule has 3 N–H and O–H groups in total. The Hall–Kier alpha value is -3.80. The minimum atomic E-state index is -0.101. The Bertz CT molecular complexity index is 1130. The first-order valence-electron chi connectivity index (χ1n) is 10.8. The van der Waals surface area contributed by atoms with Crippen LogP contribution in [0.5, 0.6) is 34.5 Å². The van der Waals surface area contributed by atoms with E-state index in [1.165, 1.54) is 18.7 Å². The molecule has 6 nitrogen and oxygen atoms in total. The van der Waals surface area contributed by atoms with Crippen LogP contribution in [-0.2, 0) is 0 Å². The van der Waals surface area contributed by atoms with Crippen molar-refractivity contribution in [2.75, 3.05) is 20.3 Å². The van der Waals surface area contributed by atoms with Gasteiger partial charge in [-0.1, -0.05) is 29.8 Å². The van der Waals surface area contributed by atoms with Crippen molar-refractivity contribution < 1.29 is 29.5 Å². The van der Waals surface area contributed by atoms with Crippen molar-refractivity contribution in [2.24, 2.45) is 0 Å². The van der Waals surface area contributed by atoms with Crippen molar-refractivity contribution in [3.8, 4) is 56.8 Å². The standard InChI is InChI=1S/C27H30O6/c1-5-32-27-21(18-8-11-20(28)12-9-18)16-24(31-4)25(26(27)30)19-10-13-23(22(29)15-19)33-14-6-7-17(2)3/h7-13,15-16,28-30H,5-6,14H2,1-4H3. The van der Waals surface area contributed by atoms with E-state index in [9.17, 15) is 15.3 Å². The average Bonchev–Trinajstić information content (AvgIpc) is 2.79. The van der Waals surface area contributed by atoms with Gasteiger partial charge >= 0.3 is 0 Å². The summed E-state index contributed by atoms with van der Waals surface area (Å²) in [4.78, 5) is 0. The van der Waals surface area contributed by atoms with Gasteiger partial charge in [0.2, 0.25) is 0 Å². The molecular formula is C27H30O6. The Morgan fingerprint density at radius 2 is 1.58 bits per heavy atom. The van der Waals surface area contributed by atoms with E-state index in [-0.39, 0.29) is 17.2 Å². The monoisotopic (exact) mass is 450 g/mol. The number of hydrogen-bond donors (Lipinski definition) is 3. The van der Waals surface area contributed by atoms with Crippen LogP contribution in [0.3, 0.4) is 0 Å². The van der Waals surface area contributed by atoms with Crippen molar-refractivity contribution in [1.82, 2.24) is 0 Å². The van der Waals surface area contributed by atoms with Gasteiger partial charge < -0.3 is 29.5 Å². The van der Waals surface area contributed by atoms with Gasteiger partial charge in [0.05, 0.1) is 25.9 Å². The van der Waals surface area contributed by atoms with Crippen LogP contribution < -0.4 is 14.2 Å². The van der Waals surface area contributed by atoms with Crippen molar-refractivity contribution in [3.05, 3.63) is 60.2 Å². The number of methoxy groups -OCH3 is 1. The fourth-order valence-electron chi connectivity index (χ4n) is 3.52. The van der Waals surface area contributed by atoms with Crippen LogP contribution in [0.1, 0.15) is 27.2 Å². The lowest BCUT2D eigenvalue weighted by Gasteiger charge is -2.19. The van der Waals surface area contributed by atoms with Gasteiger partial charge in [-0.05, 0) is 68.7 Å². The predicted molar refractivity (Wildman–Crippen MR) is 130 cm³/mol. The molecule has 0 bridgehead atoms. The van der Waals surface area contributed by atoms with Crippen molar-refractivity contribution in [3.63, 3.8) is 0 Å². The summed E-state index contributed by atoms with van der Waals surface area (Å²) in [6.45, 7) is 6.67. The number of ether oxygens (including phenoxy) is 3. The number of aromatic hydroxyl groups is 3. The van der Waals surface area contributed by atoms with Gasteiger partial charge in [0.1, 0.15) is 11.5 Å². The van der Waals surface area contributed by atoms with Crippen LogP contribution in [0.2, 0.25) is 0 Å². The zero-order valence-electron chi connectivity index (χ0n) is 19.4. The van der Waals surface area contributed by atoms with Gasteiger partial charge in [0, 0.05) is 5.56 Å². The second-order valence-corrected chi connectivity index (χ2v) is 7.76. The number of benzene rings is 3. The molecule has 0 unspecified atom stereocenters. The zero-order chi connectivity index (χ0) is 24.0. The Balaban J connectivity index is 2.03. The van der Waals surface area contributed by atoms with Crippen LogP contribution in [0.25, 0.3) is 22.3 Å². The lowest BCUT2D eigenvalue weighted by molar-refractivity contribution is 0.305. The summed E-state index contributed by atoms with van der Waals surface area (Å²) in [6, 6.07) is 13.3. The second kappa shape index (κ2) is 10.7. The molecule has 0 saturated carbocycles. The van der Waals surface area contributed by atoms with Gasteiger partial charge in [-0.3, -0.25) is 0 Å². The third-order valence-electron chi connectivity index (χ3n) is 5.08. The molecule has 0 amide bonds. The molecule has 3 aromatic rings. The van der Waals surface area contributed by atoms with Gasteiger partial charge in [-0.15, -0.1) is 0 Å². The molecule has 0 aliphatic rings. The summed E-state index contributed by atoms with van der Waals surface area (Å²) in [6.07, 6.45) is 2.81. The molecule has 0 heterocycles. The van der Waals surface area contributed by atoms with Crippen LogP contribution in [-0.4, -0.2) is 35.6 Å². The van der Waals surface area contributed by atoms with E-state index in [1.54, 1.807) is 42.5 Å². The van der Waals surface area contributed by atoms with Crippen LogP contribution >= 0.6 is 0 Å². The van der Waals surface area contributed by atoms with Crippen molar-refractivity contribution >= 4 is 0 Å². The maximum atomic E-state index is 11.2. The molecular weight excluding hydrogens is 420 g/mol. The summed E-state index contributed by atoms with van der Waals surface area (Å²) in [5.74, 6) is 1.08. The van der Waals surface area contributed by atoms with E-state index < -0.39 is 0 Å². The first kappa shape index (κ1) is 23.9. The van der Waals surface area contributed by atoms with Crippen LogP contribution in [0.4, 0.5) is 0 Å². The van der Waals surface area contributed by atoms with Crippen LogP contribution in [0, 0.1) is 0 Å². The number of phenols is 3. The topological polar surface area (TPSA) is 88.4 Å². The molecule has 6 heteroatoms. The minimum Gasteiger partial charge on any atom is -0.508 e. The molecule has 3 aromatic carbocycles. The smallest absolute Gasteiger partial charge is 0.170 e. The first-order valence-corrected chi connectivity index (χ1v) is 10.8. The molecule has 0 radical (unpaired) electrons. The van der Waals surface area contributed by atoms with Gasteiger partial charge in [0.25, 0.3) is 0 Å². The van der Waals surface area contributed by atoms with E-state index in [0.29, 0.717) is 47.2 Å². The molecule has 0 atom stereocenters. The largest absolute Gasteiger partial charge is 0.508 e. The normalized spacial score (nSPS) is 10.5. The second-order valence-electron chi connectivity index (χ2n) is 7.76. The summed E-state index contributed by atoms with van der Waals surface area (Å²) < 4.78 is 17.1. The van der Waals surface area contributed by atoms with E-state index in [0.717, 1.165) is 12.0 Å². The van der Waals surface area contributed by atoms with Crippen molar-refractivity contribution in [1.29, 1.82) is 0 Å². The molecule has 0 saturated heterocycles. The molecule has 0 aliphatic heterocycles. The zero-order valence-corrected chi connectivity index (χ0v) is 19.4. The van der Waals surface area contributed by atoms with Crippen LogP contribution in [0.15, 0.2) is 60.2 Å².